The molecule has 94 valence electrons. The van der Waals surface area contributed by atoms with Crippen LogP contribution in [0.5, 0.6) is 11.5 Å². The van der Waals surface area contributed by atoms with Gasteiger partial charge in [-0.2, -0.15) is 0 Å². The number of ether oxygens (including phenoxy) is 1. The van der Waals surface area contributed by atoms with E-state index in [1.807, 2.05) is 55.5 Å². The molecule has 0 aliphatic rings. The Hall–Kier alpha value is -2.55. The Kier molecular flexibility index (Phi) is 2.80. The molecule has 0 fully saturated rings. The van der Waals surface area contributed by atoms with Crippen LogP contribution in [0.1, 0.15) is 5.56 Å². The third-order valence-electron chi connectivity index (χ3n) is 3.03. The van der Waals surface area contributed by atoms with Crippen LogP contribution in [-0.4, -0.2) is 4.98 Å². The van der Waals surface area contributed by atoms with Crippen molar-refractivity contribution in [3.8, 4) is 11.5 Å². The van der Waals surface area contributed by atoms with E-state index in [-0.39, 0.29) is 0 Å². The van der Waals surface area contributed by atoms with Crippen molar-refractivity contribution >= 4 is 16.6 Å². The van der Waals surface area contributed by atoms with Gasteiger partial charge in [0.05, 0.1) is 17.4 Å². The zero-order chi connectivity index (χ0) is 13.2. The van der Waals surface area contributed by atoms with Gasteiger partial charge in [0.1, 0.15) is 5.75 Å². The number of para-hydroxylation sites is 2. The maximum absolute atomic E-state index is 5.94. The van der Waals surface area contributed by atoms with E-state index in [9.17, 15) is 0 Å². The topological polar surface area (TPSA) is 48.1 Å². The average Bonchev–Trinajstić information content (AvgIpc) is 2.43. The van der Waals surface area contributed by atoms with E-state index in [0.717, 1.165) is 16.5 Å². The highest BCUT2D eigenvalue weighted by molar-refractivity contribution is 5.79. The Labute approximate surface area is 111 Å². The molecule has 3 nitrogen and oxygen atoms in total. The molecule has 2 N–H and O–H groups in total. The van der Waals surface area contributed by atoms with E-state index in [1.54, 1.807) is 6.20 Å². The summed E-state index contributed by atoms with van der Waals surface area (Å²) in [7, 11) is 0. The molecule has 3 heteroatoms. The predicted octanol–water partition coefficient (Wildman–Crippen LogP) is 3.92. The molecule has 0 saturated heterocycles. The van der Waals surface area contributed by atoms with Crippen LogP contribution in [0.3, 0.4) is 0 Å². The first kappa shape index (κ1) is 11.5. The van der Waals surface area contributed by atoms with Gasteiger partial charge in [-0.05, 0) is 30.7 Å². The molecule has 0 unspecified atom stereocenters. The molecular formula is C16H14N2O. The van der Waals surface area contributed by atoms with Crippen LogP contribution >= 0.6 is 0 Å². The van der Waals surface area contributed by atoms with Gasteiger partial charge in [0.2, 0.25) is 0 Å². The smallest absolute Gasteiger partial charge is 0.153 e. The Balaban J connectivity index is 2.01. The van der Waals surface area contributed by atoms with Crippen molar-refractivity contribution in [2.75, 3.05) is 5.73 Å². The average molecular weight is 250 g/mol. The second-order valence-electron chi connectivity index (χ2n) is 4.46. The molecule has 19 heavy (non-hydrogen) atoms. The molecule has 1 heterocycles. The number of anilines is 1. The maximum atomic E-state index is 5.94. The molecule has 0 atom stereocenters. The zero-order valence-electron chi connectivity index (χ0n) is 10.6. The predicted molar refractivity (Wildman–Crippen MR) is 77.4 cm³/mol. The number of benzene rings is 2. The number of hydrogen-bond donors (Lipinski definition) is 1. The Bertz CT molecular complexity index is 717. The third-order valence-corrected chi connectivity index (χ3v) is 3.03. The fourth-order valence-electron chi connectivity index (χ4n) is 2.04. The minimum Gasteiger partial charge on any atom is -0.453 e. The second kappa shape index (κ2) is 4.61. The molecule has 0 aliphatic heterocycles. The lowest BCUT2D eigenvalue weighted by Crippen LogP contribution is -1.94. The minimum atomic E-state index is 0.633. The van der Waals surface area contributed by atoms with E-state index in [1.165, 1.54) is 0 Å². The summed E-state index contributed by atoms with van der Waals surface area (Å²) in [5.74, 6) is 1.39. The lowest BCUT2D eigenvalue weighted by Gasteiger charge is -2.11. The van der Waals surface area contributed by atoms with Gasteiger partial charge in [0.15, 0.2) is 5.75 Å². The number of aromatic nitrogens is 1. The fraction of sp³-hybridized carbons (Fsp3) is 0.0625. The van der Waals surface area contributed by atoms with Gasteiger partial charge in [-0.3, -0.25) is 4.98 Å². The van der Waals surface area contributed by atoms with Crippen LogP contribution in [0, 0.1) is 6.92 Å². The summed E-state index contributed by atoms with van der Waals surface area (Å²) in [6, 6.07) is 15.6. The van der Waals surface area contributed by atoms with E-state index in [4.69, 9.17) is 10.5 Å². The van der Waals surface area contributed by atoms with Crippen molar-refractivity contribution in [3.63, 3.8) is 0 Å². The molecule has 0 amide bonds. The first-order valence-electron chi connectivity index (χ1n) is 6.12. The van der Waals surface area contributed by atoms with Crippen molar-refractivity contribution in [1.82, 2.24) is 4.98 Å². The zero-order valence-corrected chi connectivity index (χ0v) is 10.6. The monoisotopic (exact) mass is 250 g/mol. The number of fused-ring (bicyclic) bond motifs is 1. The number of hydrogen-bond acceptors (Lipinski definition) is 3. The van der Waals surface area contributed by atoms with Crippen LogP contribution in [0.15, 0.2) is 54.7 Å². The number of rotatable bonds is 2. The highest BCUT2D eigenvalue weighted by Crippen LogP contribution is 2.31. The van der Waals surface area contributed by atoms with Gasteiger partial charge < -0.3 is 10.5 Å². The maximum Gasteiger partial charge on any atom is 0.153 e. The Morgan fingerprint density at radius 1 is 1.05 bits per heavy atom. The van der Waals surface area contributed by atoms with Crippen LogP contribution in [0.25, 0.3) is 10.9 Å². The first-order valence-corrected chi connectivity index (χ1v) is 6.12. The van der Waals surface area contributed by atoms with Crippen LogP contribution in [0.2, 0.25) is 0 Å². The molecule has 3 rings (SSSR count). The second-order valence-corrected chi connectivity index (χ2v) is 4.46. The van der Waals surface area contributed by atoms with Gasteiger partial charge in [0, 0.05) is 5.39 Å². The standard InChI is InChI=1S/C16H14N2O/c1-11-5-4-7-14(17)16(11)19-13-9-12-6-2-3-8-15(12)18-10-13/h2-10H,17H2,1H3. The van der Waals surface area contributed by atoms with Crippen molar-refractivity contribution in [3.05, 3.63) is 60.3 Å². The molecule has 0 saturated carbocycles. The van der Waals surface area contributed by atoms with E-state index < -0.39 is 0 Å². The molecule has 0 bridgehead atoms. The fourth-order valence-corrected chi connectivity index (χ4v) is 2.04. The third kappa shape index (κ3) is 2.22. The molecule has 2 aromatic carbocycles. The van der Waals surface area contributed by atoms with Crippen LogP contribution in [0.4, 0.5) is 5.69 Å². The van der Waals surface area contributed by atoms with Gasteiger partial charge in [-0.25, -0.2) is 0 Å². The summed E-state index contributed by atoms with van der Waals surface area (Å²) in [6.45, 7) is 1.97. The normalized spacial score (nSPS) is 10.6. The Morgan fingerprint density at radius 3 is 2.74 bits per heavy atom. The number of aryl methyl sites for hydroxylation is 1. The van der Waals surface area contributed by atoms with Crippen molar-refractivity contribution in [2.24, 2.45) is 0 Å². The lowest BCUT2D eigenvalue weighted by atomic mass is 10.2. The van der Waals surface area contributed by atoms with Gasteiger partial charge in [-0.1, -0.05) is 30.3 Å². The molecule has 0 radical (unpaired) electrons. The summed E-state index contributed by atoms with van der Waals surface area (Å²) >= 11 is 0. The minimum absolute atomic E-state index is 0.633. The highest BCUT2D eigenvalue weighted by Gasteiger charge is 2.06. The molecular weight excluding hydrogens is 236 g/mol. The van der Waals surface area contributed by atoms with Crippen molar-refractivity contribution in [1.29, 1.82) is 0 Å². The van der Waals surface area contributed by atoms with Gasteiger partial charge in [-0.15, -0.1) is 0 Å². The van der Waals surface area contributed by atoms with Crippen molar-refractivity contribution in [2.45, 2.75) is 6.92 Å². The number of pyridine rings is 1. The SMILES string of the molecule is Cc1cccc(N)c1Oc1cnc2ccccc2c1. The number of nitrogen functional groups attached to an aromatic ring is 1. The lowest BCUT2D eigenvalue weighted by molar-refractivity contribution is 0.480. The van der Waals surface area contributed by atoms with E-state index in [2.05, 4.69) is 4.98 Å². The summed E-state index contributed by atoms with van der Waals surface area (Å²) in [6.07, 6.45) is 1.72. The van der Waals surface area contributed by atoms with Crippen LogP contribution in [-0.2, 0) is 0 Å². The van der Waals surface area contributed by atoms with Crippen LogP contribution < -0.4 is 10.5 Å². The van der Waals surface area contributed by atoms with Gasteiger partial charge >= 0.3 is 0 Å². The molecule has 0 aliphatic carbocycles. The molecule has 3 aromatic rings. The van der Waals surface area contributed by atoms with Crippen molar-refractivity contribution < 1.29 is 4.74 Å². The molecule has 0 spiro atoms. The number of nitrogens with two attached hydrogens (primary N) is 1. The largest absolute Gasteiger partial charge is 0.453 e. The quantitative estimate of drug-likeness (QED) is 0.701. The summed E-state index contributed by atoms with van der Waals surface area (Å²) in [5.41, 5.74) is 8.53. The summed E-state index contributed by atoms with van der Waals surface area (Å²) in [4.78, 5) is 4.37. The first-order chi connectivity index (χ1) is 9.24. The summed E-state index contributed by atoms with van der Waals surface area (Å²) < 4.78 is 5.86. The Morgan fingerprint density at radius 2 is 1.89 bits per heavy atom. The highest BCUT2D eigenvalue weighted by atomic mass is 16.5. The van der Waals surface area contributed by atoms with E-state index in [0.29, 0.717) is 17.2 Å². The van der Waals surface area contributed by atoms with Gasteiger partial charge in [0.25, 0.3) is 0 Å². The summed E-state index contributed by atoms with van der Waals surface area (Å²) in [5, 5.41) is 1.05. The molecule has 1 aromatic heterocycles. The van der Waals surface area contributed by atoms with E-state index >= 15 is 0 Å². The number of nitrogens with zero attached hydrogens (tertiary/aromatic N) is 1.